The van der Waals surface area contributed by atoms with Crippen molar-refractivity contribution < 1.29 is 4.57 Å². The number of hydrogen-bond donors (Lipinski definition) is 0. The number of imidazole rings is 1. The van der Waals surface area contributed by atoms with Crippen molar-refractivity contribution in [3.05, 3.63) is 54.1 Å². The Hall–Kier alpha value is -1.57. The first-order valence-electron chi connectivity index (χ1n) is 13.0. The first-order valence-corrected chi connectivity index (χ1v) is 13.0. The van der Waals surface area contributed by atoms with Crippen LogP contribution in [-0.4, -0.2) is 4.57 Å². The van der Waals surface area contributed by atoms with E-state index in [4.69, 9.17) is 0 Å². The molecular formula is C28H47N2+. The predicted molar refractivity (Wildman–Crippen MR) is 130 cm³/mol. The van der Waals surface area contributed by atoms with Gasteiger partial charge in [0.15, 0.2) is 0 Å². The van der Waals surface area contributed by atoms with Gasteiger partial charge >= 0.3 is 0 Å². The highest BCUT2D eigenvalue weighted by molar-refractivity contribution is 5.14. The third-order valence-electron chi connectivity index (χ3n) is 6.37. The van der Waals surface area contributed by atoms with Crippen molar-refractivity contribution in [3.8, 4) is 0 Å². The lowest BCUT2D eigenvalue weighted by molar-refractivity contribution is -0.704. The van der Waals surface area contributed by atoms with Gasteiger partial charge in [0, 0.05) is 6.42 Å². The maximum Gasteiger partial charge on any atom is 0.256 e. The zero-order chi connectivity index (χ0) is 21.3. The van der Waals surface area contributed by atoms with Gasteiger partial charge in [0.2, 0.25) is 0 Å². The average molecular weight is 412 g/mol. The molecule has 0 radical (unpaired) electrons. The molecule has 0 aliphatic carbocycles. The van der Waals surface area contributed by atoms with E-state index in [1.54, 1.807) is 0 Å². The zero-order valence-corrected chi connectivity index (χ0v) is 20.0. The topological polar surface area (TPSA) is 8.81 Å². The van der Waals surface area contributed by atoms with Gasteiger partial charge < -0.3 is 0 Å². The predicted octanol–water partition coefficient (Wildman–Crippen LogP) is 7.67. The Balaban J connectivity index is 1.54. The van der Waals surface area contributed by atoms with Gasteiger partial charge in [0.25, 0.3) is 5.82 Å². The van der Waals surface area contributed by atoms with Crippen molar-refractivity contribution in [3.63, 3.8) is 0 Å². The second-order valence-electron chi connectivity index (χ2n) is 8.93. The Bertz CT molecular complexity index is 644. The minimum absolute atomic E-state index is 1.12. The summed E-state index contributed by atoms with van der Waals surface area (Å²) in [6.45, 7) is 6.90. The van der Waals surface area contributed by atoms with Gasteiger partial charge in [-0.2, -0.15) is 0 Å². The van der Waals surface area contributed by atoms with Crippen molar-refractivity contribution in [2.45, 2.75) is 123 Å². The number of nitrogens with zero attached hydrogens (tertiary/aromatic N) is 2. The third kappa shape index (κ3) is 9.96. The second kappa shape index (κ2) is 16.2. The standard InChI is InChI=1S/C28H47N2/c1-3-5-6-7-8-9-10-11-12-13-14-18-23-29-25-26-30(28(29)4-2)24-19-22-27-20-16-15-17-21-27/h15-17,20-21,25-26H,3-14,18-19,22-24H2,1-2H3/q+1. The number of benzene rings is 1. The molecule has 0 unspecified atom stereocenters. The van der Waals surface area contributed by atoms with Crippen LogP contribution in [0.3, 0.4) is 0 Å². The van der Waals surface area contributed by atoms with Crippen LogP contribution in [0.1, 0.15) is 109 Å². The van der Waals surface area contributed by atoms with Crippen LogP contribution >= 0.6 is 0 Å². The van der Waals surface area contributed by atoms with E-state index in [0.717, 1.165) is 13.0 Å². The quantitative estimate of drug-likeness (QED) is 0.176. The summed E-state index contributed by atoms with van der Waals surface area (Å²) in [5, 5.41) is 0. The van der Waals surface area contributed by atoms with E-state index in [9.17, 15) is 0 Å². The average Bonchev–Trinajstić information content (AvgIpc) is 3.17. The Morgan fingerprint density at radius 2 is 1.30 bits per heavy atom. The van der Waals surface area contributed by atoms with Crippen molar-refractivity contribution in [1.82, 2.24) is 4.57 Å². The van der Waals surface area contributed by atoms with E-state index in [1.165, 1.54) is 108 Å². The van der Waals surface area contributed by atoms with Gasteiger partial charge in [-0.15, -0.1) is 0 Å². The minimum atomic E-state index is 1.12. The molecule has 2 aromatic rings. The van der Waals surface area contributed by atoms with Crippen molar-refractivity contribution in [2.24, 2.45) is 0 Å². The molecule has 0 atom stereocenters. The van der Waals surface area contributed by atoms with Crippen LogP contribution in [0.5, 0.6) is 0 Å². The Morgan fingerprint density at radius 3 is 1.90 bits per heavy atom. The highest BCUT2D eigenvalue weighted by atomic mass is 15.1. The van der Waals surface area contributed by atoms with Crippen molar-refractivity contribution >= 4 is 0 Å². The lowest BCUT2D eigenvalue weighted by Crippen LogP contribution is -2.37. The summed E-state index contributed by atoms with van der Waals surface area (Å²) in [7, 11) is 0. The molecule has 0 N–H and O–H groups in total. The van der Waals surface area contributed by atoms with E-state index in [1.807, 2.05) is 0 Å². The third-order valence-corrected chi connectivity index (χ3v) is 6.37. The summed E-state index contributed by atoms with van der Waals surface area (Å²) in [5.41, 5.74) is 1.45. The zero-order valence-electron chi connectivity index (χ0n) is 20.0. The highest BCUT2D eigenvalue weighted by Gasteiger charge is 2.14. The van der Waals surface area contributed by atoms with E-state index in [0.29, 0.717) is 0 Å². The van der Waals surface area contributed by atoms with Crippen molar-refractivity contribution in [1.29, 1.82) is 0 Å². The van der Waals surface area contributed by atoms with E-state index >= 15 is 0 Å². The van der Waals surface area contributed by atoms with Gasteiger partial charge in [-0.3, -0.25) is 0 Å². The molecule has 0 aliphatic heterocycles. The second-order valence-corrected chi connectivity index (χ2v) is 8.93. The molecule has 0 aliphatic rings. The fourth-order valence-electron chi connectivity index (χ4n) is 4.53. The van der Waals surface area contributed by atoms with Crippen LogP contribution in [-0.2, 0) is 25.9 Å². The minimum Gasteiger partial charge on any atom is -0.234 e. The molecule has 0 saturated heterocycles. The number of aryl methyl sites for hydroxylation is 3. The maximum absolute atomic E-state index is 2.50. The molecule has 2 heteroatoms. The maximum atomic E-state index is 2.50. The summed E-state index contributed by atoms with van der Waals surface area (Å²) in [6.07, 6.45) is 25.1. The fourth-order valence-corrected chi connectivity index (χ4v) is 4.53. The lowest BCUT2D eigenvalue weighted by atomic mass is 10.1. The number of unbranched alkanes of at least 4 members (excludes halogenated alkanes) is 11. The van der Waals surface area contributed by atoms with Crippen LogP contribution in [0.4, 0.5) is 0 Å². The molecule has 168 valence electrons. The molecular weight excluding hydrogens is 364 g/mol. The largest absolute Gasteiger partial charge is 0.256 e. The Morgan fingerprint density at radius 1 is 0.700 bits per heavy atom. The van der Waals surface area contributed by atoms with Crippen LogP contribution < -0.4 is 4.57 Å². The van der Waals surface area contributed by atoms with Gasteiger partial charge in [-0.25, -0.2) is 9.13 Å². The summed E-state index contributed by atoms with van der Waals surface area (Å²) < 4.78 is 4.97. The number of hydrogen-bond acceptors (Lipinski definition) is 0. The molecule has 2 rings (SSSR count). The van der Waals surface area contributed by atoms with Crippen LogP contribution in [0.2, 0.25) is 0 Å². The molecule has 1 aromatic carbocycles. The molecule has 0 bridgehead atoms. The number of aromatic nitrogens is 2. The highest BCUT2D eigenvalue weighted by Crippen LogP contribution is 2.12. The molecule has 1 aromatic heterocycles. The van der Waals surface area contributed by atoms with Crippen LogP contribution in [0.25, 0.3) is 0 Å². The molecule has 0 fully saturated rings. The molecule has 0 amide bonds. The molecule has 30 heavy (non-hydrogen) atoms. The van der Waals surface area contributed by atoms with Gasteiger partial charge in [-0.05, 0) is 31.2 Å². The van der Waals surface area contributed by atoms with Crippen LogP contribution in [0.15, 0.2) is 42.7 Å². The Labute approximate surface area is 186 Å². The number of rotatable bonds is 18. The lowest BCUT2D eigenvalue weighted by Gasteiger charge is -2.05. The van der Waals surface area contributed by atoms with Crippen LogP contribution in [0, 0.1) is 0 Å². The van der Waals surface area contributed by atoms with E-state index in [2.05, 4.69) is 65.7 Å². The van der Waals surface area contributed by atoms with Crippen molar-refractivity contribution in [2.75, 3.05) is 0 Å². The van der Waals surface area contributed by atoms with Gasteiger partial charge in [0.05, 0.1) is 13.1 Å². The fraction of sp³-hybridized carbons (Fsp3) is 0.679. The summed E-state index contributed by atoms with van der Waals surface area (Å²) in [4.78, 5) is 0. The van der Waals surface area contributed by atoms with Gasteiger partial charge in [0.1, 0.15) is 12.4 Å². The Kier molecular flexibility index (Phi) is 13.3. The van der Waals surface area contributed by atoms with E-state index in [-0.39, 0.29) is 0 Å². The molecule has 1 heterocycles. The smallest absolute Gasteiger partial charge is 0.234 e. The first-order chi connectivity index (χ1) is 14.8. The normalized spacial score (nSPS) is 11.3. The van der Waals surface area contributed by atoms with Gasteiger partial charge in [-0.1, -0.05) is 108 Å². The molecule has 0 spiro atoms. The summed E-state index contributed by atoms with van der Waals surface area (Å²) in [5.74, 6) is 1.49. The molecule has 0 saturated carbocycles. The SMILES string of the molecule is CCCCCCCCCCCCCCn1cc[n+](CCCc2ccccc2)c1CC. The summed E-state index contributed by atoms with van der Waals surface area (Å²) in [6, 6.07) is 10.9. The monoisotopic (exact) mass is 411 g/mol. The van der Waals surface area contributed by atoms with E-state index < -0.39 is 0 Å². The first kappa shape index (κ1) is 24.7. The molecule has 2 nitrogen and oxygen atoms in total. The summed E-state index contributed by atoms with van der Waals surface area (Å²) >= 11 is 0.